The zero-order valence-electron chi connectivity index (χ0n) is 8.90. The van der Waals surface area contributed by atoms with Gasteiger partial charge in [-0.2, -0.15) is 4.37 Å². The van der Waals surface area contributed by atoms with E-state index < -0.39 is 0 Å². The van der Waals surface area contributed by atoms with E-state index in [2.05, 4.69) is 36.4 Å². The lowest BCUT2D eigenvalue weighted by Gasteiger charge is -2.14. The summed E-state index contributed by atoms with van der Waals surface area (Å²) < 4.78 is 4.44. The topological polar surface area (TPSA) is 12.9 Å². The molecule has 0 aliphatic carbocycles. The number of alkyl halides is 1. The van der Waals surface area contributed by atoms with Crippen LogP contribution in [0.2, 0.25) is 0 Å². The second kappa shape index (κ2) is 4.50. The van der Waals surface area contributed by atoms with Crippen LogP contribution in [-0.2, 0) is 0 Å². The zero-order valence-corrected chi connectivity index (χ0v) is 10.5. The quantitative estimate of drug-likeness (QED) is 0.723. The van der Waals surface area contributed by atoms with Gasteiger partial charge in [0.15, 0.2) is 0 Å². The number of hydrogen-bond acceptors (Lipinski definition) is 2. The van der Waals surface area contributed by atoms with Crippen LogP contribution >= 0.6 is 23.1 Å². The largest absolute Gasteiger partial charge is 0.192 e. The molecule has 3 heteroatoms. The van der Waals surface area contributed by atoms with Gasteiger partial charge in [0, 0.05) is 21.6 Å². The number of aromatic nitrogens is 1. The first kappa shape index (κ1) is 10.9. The van der Waals surface area contributed by atoms with Crippen molar-refractivity contribution >= 4 is 34.0 Å². The number of benzene rings is 1. The fourth-order valence-electron chi connectivity index (χ4n) is 1.76. The zero-order chi connectivity index (χ0) is 10.8. The minimum absolute atomic E-state index is 0.203. The van der Waals surface area contributed by atoms with Crippen LogP contribution in [0.1, 0.15) is 31.1 Å². The summed E-state index contributed by atoms with van der Waals surface area (Å²) >= 11 is 7.87. The van der Waals surface area contributed by atoms with Crippen LogP contribution in [0.3, 0.4) is 0 Å². The van der Waals surface area contributed by atoms with Crippen molar-refractivity contribution in [3.63, 3.8) is 0 Å². The third-order valence-corrected chi connectivity index (χ3v) is 4.52. The maximum Gasteiger partial charge on any atom is 0.0843 e. The summed E-state index contributed by atoms with van der Waals surface area (Å²) in [7, 11) is 0. The highest BCUT2D eigenvalue weighted by molar-refractivity contribution is 7.07. The molecule has 2 unspecified atom stereocenters. The molecule has 0 amide bonds. The number of nitrogens with zero attached hydrogens (tertiary/aromatic N) is 1. The normalized spacial score (nSPS) is 15.4. The number of rotatable bonds is 3. The van der Waals surface area contributed by atoms with Crippen LogP contribution in [0, 0.1) is 0 Å². The van der Waals surface area contributed by atoms with Crippen molar-refractivity contribution in [2.75, 3.05) is 0 Å². The summed E-state index contributed by atoms with van der Waals surface area (Å²) in [6.45, 7) is 4.30. The predicted molar refractivity (Wildman–Crippen MR) is 68.0 cm³/mol. The highest BCUT2D eigenvalue weighted by atomic mass is 35.5. The predicted octanol–water partition coefficient (Wildman–Crippen LogP) is 4.42. The standard InChI is InChI=1S/C12H14ClNS/c1-3-10(13)8(2)12-9-6-4-5-7-11(9)14-15-12/h4-8,10H,3H2,1-2H3. The van der Waals surface area contributed by atoms with Crippen molar-refractivity contribution in [2.24, 2.45) is 0 Å². The Bertz CT molecular complexity index is 452. The molecule has 0 saturated heterocycles. The van der Waals surface area contributed by atoms with E-state index in [1.807, 2.05) is 6.07 Å². The SMILES string of the molecule is CCC(Cl)C(C)c1snc2ccccc12. The van der Waals surface area contributed by atoms with Crippen molar-refractivity contribution in [1.29, 1.82) is 0 Å². The summed E-state index contributed by atoms with van der Waals surface area (Å²) in [5, 5.41) is 1.46. The van der Waals surface area contributed by atoms with E-state index in [4.69, 9.17) is 11.6 Å². The lowest BCUT2D eigenvalue weighted by molar-refractivity contribution is 0.688. The summed E-state index contributed by atoms with van der Waals surface area (Å²) in [6, 6.07) is 8.26. The molecule has 0 spiro atoms. The van der Waals surface area contributed by atoms with Crippen LogP contribution in [0.25, 0.3) is 10.9 Å². The average Bonchev–Trinajstić information content (AvgIpc) is 2.70. The number of hydrogen-bond donors (Lipinski definition) is 0. The molecule has 1 nitrogen and oxygen atoms in total. The molecular weight excluding hydrogens is 226 g/mol. The van der Waals surface area contributed by atoms with Crippen molar-refractivity contribution in [3.05, 3.63) is 29.1 Å². The molecule has 2 rings (SSSR count). The van der Waals surface area contributed by atoms with Crippen molar-refractivity contribution in [2.45, 2.75) is 31.6 Å². The fraction of sp³-hybridized carbons (Fsp3) is 0.417. The van der Waals surface area contributed by atoms with E-state index in [0.717, 1.165) is 11.9 Å². The van der Waals surface area contributed by atoms with Gasteiger partial charge in [0.1, 0.15) is 0 Å². The van der Waals surface area contributed by atoms with Gasteiger partial charge in [-0.1, -0.05) is 32.0 Å². The molecule has 0 fully saturated rings. The second-order valence-corrected chi connectivity index (χ2v) is 5.14. The lowest BCUT2D eigenvalue weighted by atomic mass is 10.0. The Morgan fingerprint density at radius 3 is 2.87 bits per heavy atom. The third-order valence-electron chi connectivity index (χ3n) is 2.76. The first-order valence-corrected chi connectivity index (χ1v) is 6.43. The Hall–Kier alpha value is -0.600. The van der Waals surface area contributed by atoms with Crippen molar-refractivity contribution in [1.82, 2.24) is 4.37 Å². The van der Waals surface area contributed by atoms with Crippen LogP contribution in [-0.4, -0.2) is 9.75 Å². The van der Waals surface area contributed by atoms with E-state index in [1.165, 1.54) is 10.3 Å². The molecule has 0 bridgehead atoms. The Morgan fingerprint density at radius 2 is 2.13 bits per heavy atom. The highest BCUT2D eigenvalue weighted by Crippen LogP contribution is 2.33. The Labute approximate surface area is 99.2 Å². The first-order valence-electron chi connectivity index (χ1n) is 5.22. The molecule has 80 valence electrons. The van der Waals surface area contributed by atoms with E-state index in [-0.39, 0.29) is 5.38 Å². The van der Waals surface area contributed by atoms with Gasteiger partial charge in [-0.05, 0) is 24.0 Å². The molecule has 0 N–H and O–H groups in total. The van der Waals surface area contributed by atoms with Gasteiger partial charge in [0.05, 0.1) is 5.52 Å². The van der Waals surface area contributed by atoms with Gasteiger partial charge >= 0.3 is 0 Å². The van der Waals surface area contributed by atoms with E-state index in [0.29, 0.717) is 5.92 Å². The molecule has 0 radical (unpaired) electrons. The first-order chi connectivity index (χ1) is 7.24. The Kier molecular flexibility index (Phi) is 3.27. The summed E-state index contributed by atoms with van der Waals surface area (Å²) in [5.41, 5.74) is 1.09. The molecule has 0 aliphatic rings. The monoisotopic (exact) mass is 239 g/mol. The molecule has 15 heavy (non-hydrogen) atoms. The summed E-state index contributed by atoms with van der Waals surface area (Å²) in [6.07, 6.45) is 0.995. The lowest BCUT2D eigenvalue weighted by Crippen LogP contribution is -2.06. The maximum atomic E-state index is 6.29. The van der Waals surface area contributed by atoms with Crippen LogP contribution in [0.5, 0.6) is 0 Å². The Morgan fingerprint density at radius 1 is 1.40 bits per heavy atom. The fourth-order valence-corrected chi connectivity index (χ4v) is 2.91. The van der Waals surface area contributed by atoms with Gasteiger partial charge in [-0.3, -0.25) is 0 Å². The molecule has 0 saturated carbocycles. The third kappa shape index (κ3) is 2.01. The van der Waals surface area contributed by atoms with E-state index in [1.54, 1.807) is 11.5 Å². The van der Waals surface area contributed by atoms with Crippen molar-refractivity contribution < 1.29 is 0 Å². The molecule has 1 heterocycles. The molecule has 2 atom stereocenters. The Balaban J connectivity index is 2.43. The molecule has 1 aromatic carbocycles. The molecule has 1 aromatic heterocycles. The summed E-state index contributed by atoms with van der Waals surface area (Å²) in [4.78, 5) is 1.31. The second-order valence-electron chi connectivity index (χ2n) is 3.78. The molecule has 0 aliphatic heterocycles. The van der Waals surface area contributed by atoms with Gasteiger partial charge in [-0.15, -0.1) is 11.6 Å². The van der Waals surface area contributed by atoms with Gasteiger partial charge in [0.25, 0.3) is 0 Å². The average molecular weight is 240 g/mol. The van der Waals surface area contributed by atoms with Crippen LogP contribution < -0.4 is 0 Å². The summed E-state index contributed by atoms with van der Waals surface area (Å²) in [5.74, 6) is 0.383. The smallest absolute Gasteiger partial charge is 0.0843 e. The van der Waals surface area contributed by atoms with Gasteiger partial charge in [-0.25, -0.2) is 0 Å². The van der Waals surface area contributed by atoms with Crippen LogP contribution in [0.15, 0.2) is 24.3 Å². The highest BCUT2D eigenvalue weighted by Gasteiger charge is 2.19. The van der Waals surface area contributed by atoms with E-state index in [9.17, 15) is 0 Å². The van der Waals surface area contributed by atoms with E-state index >= 15 is 0 Å². The van der Waals surface area contributed by atoms with Gasteiger partial charge in [0.2, 0.25) is 0 Å². The number of halogens is 1. The minimum atomic E-state index is 0.203. The van der Waals surface area contributed by atoms with Crippen LogP contribution in [0.4, 0.5) is 0 Å². The molecular formula is C12H14ClNS. The number of fused-ring (bicyclic) bond motifs is 1. The molecule has 2 aromatic rings. The minimum Gasteiger partial charge on any atom is -0.192 e. The van der Waals surface area contributed by atoms with Crippen molar-refractivity contribution in [3.8, 4) is 0 Å². The van der Waals surface area contributed by atoms with Gasteiger partial charge < -0.3 is 0 Å². The maximum absolute atomic E-state index is 6.29.